The highest BCUT2D eigenvalue weighted by molar-refractivity contribution is 7.85. The summed E-state index contributed by atoms with van der Waals surface area (Å²) in [6, 6.07) is 17.5. The maximum Gasteiger partial charge on any atom is 0.357 e. The number of aromatic amines is 1. The van der Waals surface area contributed by atoms with Crippen molar-refractivity contribution in [3.05, 3.63) is 113 Å². The van der Waals surface area contributed by atoms with Crippen LogP contribution >= 0.6 is 0 Å². The molecule has 0 bridgehead atoms. The number of H-pyrrole nitrogens is 1. The fraction of sp³-hybridized carbons (Fsp3) is 0.326. The molecule has 0 spiro atoms. The number of carbonyl (C=O) groups is 1. The number of nitrogen functional groups attached to an aromatic ring is 1. The molecule has 0 aliphatic carbocycles. The summed E-state index contributed by atoms with van der Waals surface area (Å²) >= 11 is -2.45. The molecule has 0 radical (unpaired) electrons. The summed E-state index contributed by atoms with van der Waals surface area (Å²) in [6.07, 6.45) is 9.12. The third-order valence-corrected chi connectivity index (χ3v) is 12.4. The van der Waals surface area contributed by atoms with Gasteiger partial charge in [0, 0.05) is 60.4 Å². The van der Waals surface area contributed by atoms with Crippen LogP contribution in [0.25, 0.3) is 11.2 Å². The van der Waals surface area contributed by atoms with Crippen molar-refractivity contribution in [1.29, 1.82) is 0 Å². The molecular formula is C43H48N8O8S2. The highest BCUT2D eigenvalue weighted by atomic mass is 32.2. The molecule has 5 N–H and O–H groups in total. The summed E-state index contributed by atoms with van der Waals surface area (Å²) in [6.45, 7) is 12.1. The van der Waals surface area contributed by atoms with Crippen LogP contribution in [0.1, 0.15) is 76.1 Å². The molecule has 16 nitrogen and oxygen atoms in total. The number of hydrogen-bond donors (Lipinski definition) is 4. The van der Waals surface area contributed by atoms with Gasteiger partial charge in [-0.25, -0.2) is 13.4 Å². The lowest BCUT2D eigenvalue weighted by molar-refractivity contribution is -0.438. The van der Waals surface area contributed by atoms with Gasteiger partial charge in [0.05, 0.1) is 16.6 Å². The summed E-state index contributed by atoms with van der Waals surface area (Å²) in [5.41, 5.74) is 12.8. The Bertz CT molecular complexity index is 2730. The standard InChI is InChI=1S/C43H48N8O8S2/c1-6-50-33-19-17-29(59-60(53)54)22-31(33)42(2,3)35(50)10-9-11-36-43(4,5)32-23-30(61(55,56)57)18-20-34(32)51(36)21-8-7-12-37(52)45-24-27-13-15-28(16-14-27)25-58-40-38-39(47-26-46-38)48-41(44)49-40/h9-11,13-20,22-23,26H,6-8,12,21,24-25H2,1-5H3,(H5-,44,45,46,47,48,49,52,53,54,55,56,57). The highest BCUT2D eigenvalue weighted by Crippen LogP contribution is 2.49. The van der Waals surface area contributed by atoms with E-state index in [1.54, 1.807) is 18.2 Å². The second-order valence-corrected chi connectivity index (χ2v) is 17.9. The molecule has 4 heterocycles. The van der Waals surface area contributed by atoms with E-state index in [0.717, 1.165) is 45.0 Å². The minimum atomic E-state index is -4.68. The first-order valence-corrected chi connectivity index (χ1v) is 22.2. The zero-order valence-electron chi connectivity index (χ0n) is 34.5. The van der Waals surface area contributed by atoms with Crippen molar-refractivity contribution in [3.63, 3.8) is 0 Å². The van der Waals surface area contributed by atoms with Crippen molar-refractivity contribution >= 4 is 61.6 Å². The number of benzene rings is 3. The van der Waals surface area contributed by atoms with Gasteiger partial charge in [0.25, 0.3) is 0 Å². The van der Waals surface area contributed by atoms with Gasteiger partial charge in [0.2, 0.25) is 23.4 Å². The predicted molar refractivity (Wildman–Crippen MR) is 231 cm³/mol. The fourth-order valence-corrected chi connectivity index (χ4v) is 8.85. The van der Waals surface area contributed by atoms with Crippen molar-refractivity contribution in [1.82, 2.24) is 25.3 Å². The van der Waals surface area contributed by atoms with Gasteiger partial charge in [-0.1, -0.05) is 44.2 Å². The number of anilines is 2. The van der Waals surface area contributed by atoms with Gasteiger partial charge in [-0.3, -0.25) is 9.35 Å². The van der Waals surface area contributed by atoms with Crippen LogP contribution in [-0.4, -0.2) is 71.0 Å². The first kappa shape index (κ1) is 43.1. The van der Waals surface area contributed by atoms with E-state index < -0.39 is 32.3 Å². The molecule has 7 rings (SSSR count). The fourth-order valence-electron chi connectivity index (χ4n) is 8.09. The number of nitrogens with two attached hydrogens (primary N) is 1. The smallest absolute Gasteiger partial charge is 0.357 e. The number of imidazole rings is 1. The number of fused-ring (bicyclic) bond motifs is 3. The average Bonchev–Trinajstić information content (AvgIpc) is 3.83. The Labute approximate surface area is 356 Å². The van der Waals surface area contributed by atoms with E-state index in [4.69, 9.17) is 14.7 Å². The minimum Gasteiger partial charge on any atom is -0.744 e. The number of nitrogens with one attached hydrogen (secondary N) is 2. The van der Waals surface area contributed by atoms with E-state index in [0.29, 0.717) is 61.7 Å². The number of allylic oxidation sites excluding steroid dienone is 4. The molecule has 1 atom stereocenters. The second kappa shape index (κ2) is 17.2. The number of unbranched alkanes of at least 4 members (excludes halogenated alkanes) is 1. The third-order valence-electron chi connectivity index (χ3n) is 11.2. The molecule has 61 heavy (non-hydrogen) atoms. The normalized spacial score (nSPS) is 16.6. The largest absolute Gasteiger partial charge is 0.744 e. The molecule has 1 unspecified atom stereocenters. The minimum absolute atomic E-state index is 0.0695. The van der Waals surface area contributed by atoms with Crippen LogP contribution in [0.15, 0.2) is 95.8 Å². The van der Waals surface area contributed by atoms with Crippen LogP contribution in [0.2, 0.25) is 0 Å². The first-order chi connectivity index (χ1) is 29.0. The Morgan fingerprint density at radius 3 is 2.51 bits per heavy atom. The molecule has 3 aromatic carbocycles. The van der Waals surface area contributed by atoms with Crippen LogP contribution < -0.4 is 24.9 Å². The van der Waals surface area contributed by atoms with Crippen LogP contribution in [0.3, 0.4) is 0 Å². The van der Waals surface area contributed by atoms with E-state index in [1.165, 1.54) is 18.5 Å². The highest BCUT2D eigenvalue weighted by Gasteiger charge is 2.45. The van der Waals surface area contributed by atoms with Gasteiger partial charge in [-0.2, -0.15) is 18.8 Å². The number of nitrogens with zero attached hydrogens (tertiary/aromatic N) is 5. The molecule has 5 aromatic rings. The molecule has 0 saturated carbocycles. The molecule has 18 heteroatoms. The zero-order chi connectivity index (χ0) is 43.7. The SMILES string of the molecule is CCN1/C(=C/C=C/C2=[N+](CCCCC(=O)NCc3ccc(COc4nc(N)nc5nc[nH]c45)cc3)c3ccc(S(=O)(=O)[O-])cc3C2(C)C)C(C)(C)c2cc(OS(=O)O)ccc21. The Kier molecular flexibility index (Phi) is 12.2. The number of hydrogen-bond acceptors (Lipinski definition) is 12. The van der Waals surface area contributed by atoms with Gasteiger partial charge in [0.1, 0.15) is 34.5 Å². The van der Waals surface area contributed by atoms with Crippen LogP contribution in [0.5, 0.6) is 11.6 Å². The van der Waals surface area contributed by atoms with Crippen molar-refractivity contribution in [2.75, 3.05) is 23.7 Å². The lowest BCUT2D eigenvalue weighted by Gasteiger charge is -2.25. The molecule has 2 aliphatic rings. The Hall–Kier alpha value is -5.95. The predicted octanol–water partition coefficient (Wildman–Crippen LogP) is 6.05. The monoisotopic (exact) mass is 868 g/mol. The van der Waals surface area contributed by atoms with Crippen molar-refractivity contribution in [3.8, 4) is 11.6 Å². The summed E-state index contributed by atoms with van der Waals surface area (Å²) in [5.74, 6) is 0.601. The first-order valence-electron chi connectivity index (χ1n) is 19.8. The summed E-state index contributed by atoms with van der Waals surface area (Å²) in [5, 5.41) is 3.00. The van der Waals surface area contributed by atoms with E-state index >= 15 is 0 Å². The molecule has 0 fully saturated rings. The molecule has 1 amide bonds. The van der Waals surface area contributed by atoms with Crippen molar-refractivity contribution in [2.45, 2.75) is 82.8 Å². The van der Waals surface area contributed by atoms with Crippen LogP contribution in [0.4, 0.5) is 17.3 Å². The zero-order valence-corrected chi connectivity index (χ0v) is 36.1. The summed E-state index contributed by atoms with van der Waals surface area (Å²) in [4.78, 5) is 30.1. The molecule has 320 valence electrons. The molecule has 2 aliphatic heterocycles. The quantitative estimate of drug-likeness (QED) is 0.0384. The van der Waals surface area contributed by atoms with E-state index in [1.807, 2.05) is 62.4 Å². The van der Waals surface area contributed by atoms with Crippen LogP contribution in [-0.2, 0) is 50.3 Å². The Morgan fingerprint density at radius 2 is 1.79 bits per heavy atom. The maximum atomic E-state index is 12.9. The Morgan fingerprint density at radius 1 is 1.03 bits per heavy atom. The lowest BCUT2D eigenvalue weighted by Crippen LogP contribution is -2.28. The van der Waals surface area contributed by atoms with Crippen LogP contribution in [0, 0.1) is 0 Å². The lowest BCUT2D eigenvalue weighted by atomic mass is 9.81. The number of likely N-dealkylation sites (N-methyl/N-ethyl adjacent to an activating group) is 1. The van der Waals surface area contributed by atoms with Gasteiger partial charge < -0.3 is 34.4 Å². The number of amides is 1. The molecule has 2 aromatic heterocycles. The Balaban J connectivity index is 1.01. The number of ether oxygens (including phenoxy) is 1. The van der Waals surface area contributed by atoms with E-state index in [2.05, 4.69) is 55.5 Å². The van der Waals surface area contributed by atoms with E-state index in [-0.39, 0.29) is 23.4 Å². The number of rotatable bonds is 16. The van der Waals surface area contributed by atoms with Gasteiger partial charge in [-0.15, -0.1) is 0 Å². The van der Waals surface area contributed by atoms with E-state index in [9.17, 15) is 26.5 Å². The van der Waals surface area contributed by atoms with Gasteiger partial charge >= 0.3 is 11.4 Å². The summed E-state index contributed by atoms with van der Waals surface area (Å²) in [7, 11) is -4.68. The maximum absolute atomic E-state index is 12.9. The summed E-state index contributed by atoms with van der Waals surface area (Å²) < 4.78 is 69.9. The second-order valence-electron chi connectivity index (χ2n) is 15.9. The number of carbonyl (C=O) groups excluding carboxylic acids is 1. The van der Waals surface area contributed by atoms with Crippen molar-refractivity contribution in [2.24, 2.45) is 0 Å². The van der Waals surface area contributed by atoms with Gasteiger partial charge in [-0.05, 0) is 80.3 Å². The third kappa shape index (κ3) is 9.07. The number of aromatic nitrogens is 4. The average molecular weight is 869 g/mol. The molecule has 0 saturated heterocycles. The van der Waals surface area contributed by atoms with Gasteiger partial charge in [0.15, 0.2) is 11.4 Å². The topological polar surface area (TPSA) is 229 Å². The molecular weight excluding hydrogens is 821 g/mol. The van der Waals surface area contributed by atoms with Crippen molar-refractivity contribution < 1.29 is 40.0 Å².